The number of pyridine rings is 1. The fourth-order valence-corrected chi connectivity index (χ4v) is 3.45. The highest BCUT2D eigenvalue weighted by Gasteiger charge is 2.17. The number of aromatic nitrogens is 4. The quantitative estimate of drug-likeness (QED) is 0.459. The molecular formula is C23H26N6O2. The molecule has 0 saturated carbocycles. The van der Waals surface area contributed by atoms with Gasteiger partial charge in [-0.1, -0.05) is 12.1 Å². The van der Waals surface area contributed by atoms with Crippen LogP contribution in [0.5, 0.6) is 5.75 Å². The molecule has 1 amide bonds. The Labute approximate surface area is 180 Å². The maximum absolute atomic E-state index is 13.1. The van der Waals surface area contributed by atoms with Gasteiger partial charge in [0, 0.05) is 36.8 Å². The van der Waals surface area contributed by atoms with Gasteiger partial charge in [-0.15, -0.1) is 0 Å². The summed E-state index contributed by atoms with van der Waals surface area (Å²) in [7, 11) is 5.66. The molecule has 4 rings (SSSR count). The molecular weight excluding hydrogens is 392 g/mol. The number of ether oxygens (including phenoxy) is 1. The van der Waals surface area contributed by atoms with Crippen LogP contribution in [0.4, 0.5) is 0 Å². The molecule has 2 N–H and O–H groups in total. The number of hydrogen-bond donors (Lipinski definition) is 2. The number of hydrogen-bond acceptors (Lipinski definition) is 5. The van der Waals surface area contributed by atoms with E-state index in [0.717, 1.165) is 40.1 Å². The highest BCUT2D eigenvalue weighted by molar-refractivity contribution is 5.98. The zero-order valence-electron chi connectivity index (χ0n) is 17.9. The highest BCUT2D eigenvalue weighted by atomic mass is 16.5. The van der Waals surface area contributed by atoms with Gasteiger partial charge in [-0.2, -0.15) is 5.10 Å². The normalized spacial score (nSPS) is 11.2. The van der Waals surface area contributed by atoms with E-state index in [1.165, 1.54) is 0 Å². The van der Waals surface area contributed by atoms with Crippen molar-refractivity contribution in [2.75, 3.05) is 27.7 Å². The third-order valence-corrected chi connectivity index (χ3v) is 5.13. The SMILES string of the molecule is COc1cccc(CNC(=O)c2cc3ccc(-c4cn[nH]c4)nc3n2CCN(C)C)c1. The first-order valence-electron chi connectivity index (χ1n) is 10.1. The molecule has 0 fully saturated rings. The van der Waals surface area contributed by atoms with Crippen molar-refractivity contribution in [2.45, 2.75) is 13.1 Å². The average molecular weight is 419 g/mol. The number of aromatic amines is 1. The molecule has 31 heavy (non-hydrogen) atoms. The fraction of sp³-hybridized carbons (Fsp3) is 0.261. The Bertz CT molecular complexity index is 1180. The molecule has 160 valence electrons. The summed E-state index contributed by atoms with van der Waals surface area (Å²) in [6, 6.07) is 13.5. The number of H-pyrrole nitrogens is 1. The number of nitrogens with one attached hydrogen (secondary N) is 2. The lowest BCUT2D eigenvalue weighted by atomic mass is 10.2. The maximum atomic E-state index is 13.1. The number of carbonyl (C=O) groups is 1. The van der Waals surface area contributed by atoms with Gasteiger partial charge in [0.2, 0.25) is 0 Å². The average Bonchev–Trinajstić information content (AvgIpc) is 3.44. The largest absolute Gasteiger partial charge is 0.497 e. The van der Waals surface area contributed by atoms with Crippen LogP contribution in [0.2, 0.25) is 0 Å². The number of nitrogens with zero attached hydrogens (tertiary/aromatic N) is 4. The first-order valence-corrected chi connectivity index (χ1v) is 10.1. The van der Waals surface area contributed by atoms with Gasteiger partial charge in [0.15, 0.2) is 0 Å². The Hall–Kier alpha value is -3.65. The Morgan fingerprint density at radius 3 is 2.84 bits per heavy atom. The van der Waals surface area contributed by atoms with Gasteiger partial charge in [-0.3, -0.25) is 9.89 Å². The van der Waals surface area contributed by atoms with Gasteiger partial charge in [-0.25, -0.2) is 4.98 Å². The van der Waals surface area contributed by atoms with Crippen LogP contribution in [-0.2, 0) is 13.1 Å². The van der Waals surface area contributed by atoms with Gasteiger partial charge >= 0.3 is 0 Å². The highest BCUT2D eigenvalue weighted by Crippen LogP contribution is 2.23. The van der Waals surface area contributed by atoms with Gasteiger partial charge in [0.25, 0.3) is 5.91 Å². The molecule has 3 aromatic heterocycles. The molecule has 0 aliphatic carbocycles. The molecule has 3 heterocycles. The predicted molar refractivity (Wildman–Crippen MR) is 120 cm³/mol. The van der Waals surface area contributed by atoms with Crippen molar-refractivity contribution in [1.29, 1.82) is 0 Å². The summed E-state index contributed by atoms with van der Waals surface area (Å²) in [4.78, 5) is 20.0. The number of methoxy groups -OCH3 is 1. The monoisotopic (exact) mass is 418 g/mol. The van der Waals surface area contributed by atoms with Crippen LogP contribution in [-0.4, -0.2) is 58.3 Å². The molecule has 0 saturated heterocycles. The van der Waals surface area contributed by atoms with Crippen molar-refractivity contribution in [3.8, 4) is 17.0 Å². The standard InChI is InChI=1S/C23H26N6O2/c1-28(2)9-10-29-21(23(30)24-13-16-5-4-6-19(11-16)31-3)12-17-7-8-20(27-22(17)29)18-14-25-26-15-18/h4-8,11-12,14-15H,9-10,13H2,1-3H3,(H,24,30)(H,25,26). The summed E-state index contributed by atoms with van der Waals surface area (Å²) < 4.78 is 7.25. The summed E-state index contributed by atoms with van der Waals surface area (Å²) in [5.41, 5.74) is 4.08. The molecule has 0 radical (unpaired) electrons. The topological polar surface area (TPSA) is 88.1 Å². The first kappa shape index (κ1) is 20.6. The number of likely N-dealkylation sites (N-methyl/N-ethyl adjacent to an activating group) is 1. The van der Waals surface area contributed by atoms with Crippen LogP contribution in [0, 0.1) is 0 Å². The lowest BCUT2D eigenvalue weighted by Crippen LogP contribution is -2.27. The minimum Gasteiger partial charge on any atom is -0.497 e. The molecule has 0 unspecified atom stereocenters. The van der Waals surface area contributed by atoms with Crippen molar-refractivity contribution in [2.24, 2.45) is 0 Å². The Kier molecular flexibility index (Phi) is 5.99. The second-order valence-corrected chi connectivity index (χ2v) is 7.62. The molecule has 4 aromatic rings. The van der Waals surface area contributed by atoms with Gasteiger partial charge < -0.3 is 19.5 Å². The van der Waals surface area contributed by atoms with Crippen molar-refractivity contribution >= 4 is 16.9 Å². The Morgan fingerprint density at radius 1 is 1.23 bits per heavy atom. The third-order valence-electron chi connectivity index (χ3n) is 5.13. The minimum absolute atomic E-state index is 0.135. The smallest absolute Gasteiger partial charge is 0.268 e. The van der Waals surface area contributed by atoms with E-state index in [1.54, 1.807) is 13.3 Å². The van der Waals surface area contributed by atoms with Crippen molar-refractivity contribution in [3.05, 3.63) is 66.1 Å². The summed E-state index contributed by atoms with van der Waals surface area (Å²) >= 11 is 0. The van der Waals surface area contributed by atoms with E-state index in [0.29, 0.717) is 18.8 Å². The van der Waals surface area contributed by atoms with Crippen LogP contribution in [0.1, 0.15) is 16.1 Å². The van der Waals surface area contributed by atoms with Crippen LogP contribution in [0.3, 0.4) is 0 Å². The minimum atomic E-state index is -0.135. The summed E-state index contributed by atoms with van der Waals surface area (Å²) in [5.74, 6) is 0.632. The van der Waals surface area contributed by atoms with Crippen molar-refractivity contribution in [1.82, 2.24) is 30.0 Å². The molecule has 0 atom stereocenters. The van der Waals surface area contributed by atoms with E-state index < -0.39 is 0 Å². The molecule has 0 bridgehead atoms. The summed E-state index contributed by atoms with van der Waals surface area (Å²) in [5, 5.41) is 10.8. The molecule has 0 aliphatic heterocycles. The summed E-state index contributed by atoms with van der Waals surface area (Å²) in [6.45, 7) is 1.86. The first-order chi connectivity index (χ1) is 15.0. The van der Waals surface area contributed by atoms with Crippen LogP contribution in [0.15, 0.2) is 54.9 Å². The number of benzene rings is 1. The van der Waals surface area contributed by atoms with Gasteiger partial charge in [-0.05, 0) is 50.0 Å². The van der Waals surface area contributed by atoms with Crippen LogP contribution >= 0.6 is 0 Å². The number of rotatable bonds is 8. The number of amides is 1. The van der Waals surface area contributed by atoms with Gasteiger partial charge in [0.1, 0.15) is 17.1 Å². The molecule has 8 heteroatoms. The Balaban J connectivity index is 1.64. The van der Waals surface area contributed by atoms with Crippen molar-refractivity contribution < 1.29 is 9.53 Å². The van der Waals surface area contributed by atoms with Crippen LogP contribution < -0.4 is 10.1 Å². The maximum Gasteiger partial charge on any atom is 0.268 e. The van der Waals surface area contributed by atoms with Crippen molar-refractivity contribution in [3.63, 3.8) is 0 Å². The van der Waals surface area contributed by atoms with E-state index in [4.69, 9.17) is 9.72 Å². The lowest BCUT2D eigenvalue weighted by Gasteiger charge is -2.14. The number of carbonyl (C=O) groups excluding carboxylic acids is 1. The molecule has 1 aromatic carbocycles. The zero-order chi connectivity index (χ0) is 21.8. The lowest BCUT2D eigenvalue weighted by molar-refractivity contribution is 0.0941. The third kappa shape index (κ3) is 4.59. The molecule has 8 nitrogen and oxygen atoms in total. The van der Waals surface area contributed by atoms with E-state index in [9.17, 15) is 4.79 Å². The van der Waals surface area contributed by atoms with E-state index in [-0.39, 0.29) is 5.91 Å². The van der Waals surface area contributed by atoms with E-state index >= 15 is 0 Å². The molecule has 0 aliphatic rings. The fourth-order valence-electron chi connectivity index (χ4n) is 3.45. The van der Waals surface area contributed by atoms with E-state index in [1.807, 2.05) is 67.3 Å². The predicted octanol–water partition coefficient (Wildman–Crippen LogP) is 2.93. The summed E-state index contributed by atoms with van der Waals surface area (Å²) in [6.07, 6.45) is 3.55. The second-order valence-electron chi connectivity index (χ2n) is 7.62. The second kappa shape index (κ2) is 9.01. The van der Waals surface area contributed by atoms with E-state index in [2.05, 4.69) is 20.4 Å². The van der Waals surface area contributed by atoms with Crippen LogP contribution in [0.25, 0.3) is 22.3 Å². The van der Waals surface area contributed by atoms with Gasteiger partial charge in [0.05, 0.1) is 19.0 Å². The number of fused-ring (bicyclic) bond motifs is 1. The zero-order valence-corrected chi connectivity index (χ0v) is 17.9. The Morgan fingerprint density at radius 2 is 2.10 bits per heavy atom. The molecule has 0 spiro atoms.